The second-order valence-corrected chi connectivity index (χ2v) is 6.25. The summed E-state index contributed by atoms with van der Waals surface area (Å²) in [5.41, 5.74) is 3.15. The molecule has 0 spiro atoms. The maximum atomic E-state index is 9.26. The van der Waals surface area contributed by atoms with Gasteiger partial charge < -0.3 is 10.2 Å². The first-order valence-corrected chi connectivity index (χ1v) is 7.75. The Balaban J connectivity index is 1.59. The number of nitrogens with one attached hydrogen (secondary N) is 1. The van der Waals surface area contributed by atoms with Gasteiger partial charge in [0.25, 0.3) is 0 Å². The van der Waals surface area contributed by atoms with Crippen molar-refractivity contribution in [2.45, 2.75) is 38.6 Å². The zero-order valence-electron chi connectivity index (χ0n) is 12.2. The van der Waals surface area contributed by atoms with Gasteiger partial charge in [-0.1, -0.05) is 6.07 Å². The number of aryl methyl sites for hydroxylation is 1. The molecule has 0 unspecified atom stereocenters. The van der Waals surface area contributed by atoms with Crippen LogP contribution in [0, 0.1) is 24.2 Å². The Labute approximate surface area is 121 Å². The molecule has 3 heteroatoms. The molecule has 1 aromatic rings. The summed E-state index contributed by atoms with van der Waals surface area (Å²) in [6.45, 7) is 5.41. The smallest absolute Gasteiger partial charge is 0.101 e. The number of nitrogens with zero attached hydrogens (tertiary/aromatic N) is 2. The van der Waals surface area contributed by atoms with E-state index < -0.39 is 0 Å². The first-order valence-electron chi connectivity index (χ1n) is 7.75. The van der Waals surface area contributed by atoms with E-state index in [1.807, 2.05) is 12.1 Å². The molecule has 2 aliphatic rings. The van der Waals surface area contributed by atoms with Crippen molar-refractivity contribution in [2.24, 2.45) is 5.92 Å². The highest BCUT2D eigenvalue weighted by Gasteiger charge is 2.25. The first kappa shape index (κ1) is 13.5. The van der Waals surface area contributed by atoms with Crippen LogP contribution in [0.2, 0.25) is 0 Å². The summed E-state index contributed by atoms with van der Waals surface area (Å²) >= 11 is 0. The Morgan fingerprint density at radius 3 is 2.65 bits per heavy atom. The SMILES string of the molecule is Cc1ccc(C#N)c(N2CCC(NCC3CC3)CC2)c1. The maximum Gasteiger partial charge on any atom is 0.101 e. The van der Waals surface area contributed by atoms with Gasteiger partial charge in [0.1, 0.15) is 6.07 Å². The van der Waals surface area contributed by atoms with Crippen LogP contribution in [0.3, 0.4) is 0 Å². The molecule has 20 heavy (non-hydrogen) atoms. The first-order chi connectivity index (χ1) is 9.76. The van der Waals surface area contributed by atoms with Crippen LogP contribution in [0.15, 0.2) is 18.2 Å². The Morgan fingerprint density at radius 1 is 1.25 bits per heavy atom. The fourth-order valence-electron chi connectivity index (χ4n) is 2.98. The van der Waals surface area contributed by atoms with E-state index >= 15 is 0 Å². The van der Waals surface area contributed by atoms with E-state index in [-0.39, 0.29) is 0 Å². The van der Waals surface area contributed by atoms with Crippen LogP contribution in [0.4, 0.5) is 5.69 Å². The highest BCUT2D eigenvalue weighted by Crippen LogP contribution is 2.29. The van der Waals surface area contributed by atoms with Crippen molar-refractivity contribution in [2.75, 3.05) is 24.5 Å². The molecule has 1 N–H and O–H groups in total. The lowest BCUT2D eigenvalue weighted by Gasteiger charge is -2.34. The van der Waals surface area contributed by atoms with Crippen molar-refractivity contribution in [3.8, 4) is 6.07 Å². The number of hydrogen-bond acceptors (Lipinski definition) is 3. The number of hydrogen-bond donors (Lipinski definition) is 1. The molecule has 0 aromatic heterocycles. The van der Waals surface area contributed by atoms with Crippen LogP contribution in [0.25, 0.3) is 0 Å². The highest BCUT2D eigenvalue weighted by molar-refractivity contribution is 5.60. The molecule has 3 rings (SSSR count). The summed E-state index contributed by atoms with van der Waals surface area (Å²) in [6.07, 6.45) is 5.21. The third kappa shape index (κ3) is 3.13. The zero-order chi connectivity index (χ0) is 13.9. The minimum atomic E-state index is 0.669. The largest absolute Gasteiger partial charge is 0.370 e. The van der Waals surface area contributed by atoms with Gasteiger partial charge in [-0.2, -0.15) is 5.26 Å². The average molecular weight is 269 g/mol. The number of rotatable bonds is 4. The zero-order valence-corrected chi connectivity index (χ0v) is 12.2. The molecule has 1 aliphatic heterocycles. The Hall–Kier alpha value is -1.53. The summed E-state index contributed by atoms with van der Waals surface area (Å²) in [5, 5.41) is 13.0. The van der Waals surface area contributed by atoms with Gasteiger partial charge >= 0.3 is 0 Å². The van der Waals surface area contributed by atoms with E-state index in [9.17, 15) is 5.26 Å². The summed E-state index contributed by atoms with van der Waals surface area (Å²) in [6, 6.07) is 9.11. The van der Waals surface area contributed by atoms with Gasteiger partial charge in [-0.15, -0.1) is 0 Å². The molecular formula is C17H23N3. The third-order valence-electron chi connectivity index (χ3n) is 4.50. The van der Waals surface area contributed by atoms with Gasteiger partial charge in [0, 0.05) is 19.1 Å². The van der Waals surface area contributed by atoms with E-state index in [0.29, 0.717) is 6.04 Å². The van der Waals surface area contributed by atoms with E-state index in [1.54, 1.807) is 0 Å². The van der Waals surface area contributed by atoms with Gasteiger partial charge in [-0.3, -0.25) is 0 Å². The molecule has 0 atom stereocenters. The molecule has 2 fully saturated rings. The second kappa shape index (κ2) is 5.85. The van der Waals surface area contributed by atoms with Gasteiger partial charge in [0.05, 0.1) is 11.3 Å². The van der Waals surface area contributed by atoms with Crippen molar-refractivity contribution in [1.29, 1.82) is 5.26 Å². The standard InChI is InChI=1S/C17H23N3/c1-13-2-5-15(11-18)17(10-13)20-8-6-16(7-9-20)19-12-14-3-4-14/h2,5,10,14,16,19H,3-4,6-9,12H2,1H3. The molecule has 3 nitrogen and oxygen atoms in total. The normalized spacial score (nSPS) is 19.9. The van der Waals surface area contributed by atoms with Crippen LogP contribution in [0.1, 0.15) is 36.8 Å². The fourth-order valence-corrected chi connectivity index (χ4v) is 2.98. The van der Waals surface area contributed by atoms with Crippen molar-refractivity contribution in [3.63, 3.8) is 0 Å². The summed E-state index contributed by atoms with van der Waals surface area (Å²) < 4.78 is 0. The quantitative estimate of drug-likeness (QED) is 0.913. The summed E-state index contributed by atoms with van der Waals surface area (Å²) in [5.74, 6) is 0.954. The van der Waals surface area contributed by atoms with Crippen LogP contribution >= 0.6 is 0 Å². The average Bonchev–Trinajstić information content (AvgIpc) is 3.30. The minimum Gasteiger partial charge on any atom is -0.370 e. The highest BCUT2D eigenvalue weighted by atomic mass is 15.1. The van der Waals surface area contributed by atoms with Crippen molar-refractivity contribution >= 4 is 5.69 Å². The third-order valence-corrected chi connectivity index (χ3v) is 4.50. The maximum absolute atomic E-state index is 9.26. The van der Waals surface area contributed by atoms with Crippen LogP contribution < -0.4 is 10.2 Å². The Kier molecular flexibility index (Phi) is 3.93. The van der Waals surface area contributed by atoms with E-state index in [2.05, 4.69) is 29.3 Å². The van der Waals surface area contributed by atoms with Crippen molar-refractivity contribution in [1.82, 2.24) is 5.32 Å². The van der Waals surface area contributed by atoms with Gasteiger partial charge in [-0.25, -0.2) is 0 Å². The molecule has 106 valence electrons. The Bertz CT molecular complexity index is 505. The summed E-state index contributed by atoms with van der Waals surface area (Å²) in [7, 11) is 0. The molecule has 1 heterocycles. The van der Waals surface area contributed by atoms with Gasteiger partial charge in [-0.05, 0) is 62.8 Å². The minimum absolute atomic E-state index is 0.669. The van der Waals surface area contributed by atoms with Crippen LogP contribution in [-0.4, -0.2) is 25.7 Å². The van der Waals surface area contributed by atoms with Crippen LogP contribution in [0.5, 0.6) is 0 Å². The fraction of sp³-hybridized carbons (Fsp3) is 0.588. The van der Waals surface area contributed by atoms with Gasteiger partial charge in [0.15, 0.2) is 0 Å². The lowest BCUT2D eigenvalue weighted by Crippen LogP contribution is -2.43. The Morgan fingerprint density at radius 2 is 2.00 bits per heavy atom. The molecule has 0 radical (unpaired) electrons. The van der Waals surface area contributed by atoms with E-state index in [1.165, 1.54) is 37.8 Å². The topological polar surface area (TPSA) is 39.1 Å². The second-order valence-electron chi connectivity index (χ2n) is 6.25. The number of nitriles is 1. The summed E-state index contributed by atoms with van der Waals surface area (Å²) in [4.78, 5) is 2.38. The predicted molar refractivity (Wildman–Crippen MR) is 81.9 cm³/mol. The van der Waals surface area contributed by atoms with Crippen LogP contribution in [-0.2, 0) is 0 Å². The molecule has 1 saturated carbocycles. The van der Waals surface area contributed by atoms with Crippen molar-refractivity contribution in [3.05, 3.63) is 29.3 Å². The molecule has 1 aromatic carbocycles. The van der Waals surface area contributed by atoms with Crippen molar-refractivity contribution < 1.29 is 0 Å². The number of anilines is 1. The lowest BCUT2D eigenvalue weighted by atomic mass is 10.0. The number of piperidine rings is 1. The molecule has 1 saturated heterocycles. The lowest BCUT2D eigenvalue weighted by molar-refractivity contribution is 0.409. The monoisotopic (exact) mass is 269 g/mol. The van der Waals surface area contributed by atoms with E-state index in [0.717, 1.165) is 30.3 Å². The number of benzene rings is 1. The molecule has 0 bridgehead atoms. The molecule has 0 amide bonds. The predicted octanol–water partition coefficient (Wildman–Crippen LogP) is 2.84. The van der Waals surface area contributed by atoms with Gasteiger partial charge in [0.2, 0.25) is 0 Å². The molecule has 1 aliphatic carbocycles. The van der Waals surface area contributed by atoms with E-state index in [4.69, 9.17) is 0 Å². The molecular weight excluding hydrogens is 246 g/mol.